The van der Waals surface area contributed by atoms with E-state index in [1.54, 1.807) is 5.57 Å². The van der Waals surface area contributed by atoms with Crippen LogP contribution in [0.2, 0.25) is 0 Å². The fourth-order valence-electron chi connectivity index (χ4n) is 3.50. The summed E-state index contributed by atoms with van der Waals surface area (Å²) in [6, 6.07) is 0. The highest BCUT2D eigenvalue weighted by atomic mass is 14.1. The van der Waals surface area contributed by atoms with Gasteiger partial charge in [-0.2, -0.15) is 0 Å². The molecule has 0 unspecified atom stereocenters. The van der Waals surface area contributed by atoms with E-state index in [9.17, 15) is 0 Å². The molecule has 0 nitrogen and oxygen atoms in total. The van der Waals surface area contributed by atoms with Crippen molar-refractivity contribution in [2.24, 2.45) is 0 Å². The van der Waals surface area contributed by atoms with Gasteiger partial charge in [0.05, 0.1) is 0 Å². The summed E-state index contributed by atoms with van der Waals surface area (Å²) in [5.74, 6) is 0. The van der Waals surface area contributed by atoms with Crippen molar-refractivity contribution in [1.82, 2.24) is 0 Å². The van der Waals surface area contributed by atoms with Crippen LogP contribution in [-0.4, -0.2) is 0 Å². The lowest BCUT2D eigenvalue weighted by molar-refractivity contribution is 0.537. The van der Waals surface area contributed by atoms with Gasteiger partial charge in [0.2, 0.25) is 0 Å². The van der Waals surface area contributed by atoms with Crippen molar-refractivity contribution in [1.29, 1.82) is 0 Å². The summed E-state index contributed by atoms with van der Waals surface area (Å²) in [6.07, 6.45) is 28.6. The first-order valence-electron chi connectivity index (χ1n) is 10.1. The predicted octanol–water partition coefficient (Wildman–Crippen LogP) is 7.97. The molecule has 0 amide bonds. The van der Waals surface area contributed by atoms with Gasteiger partial charge in [-0.15, -0.1) is 0 Å². The highest BCUT2D eigenvalue weighted by Gasteiger charge is 2.02. The van der Waals surface area contributed by atoms with Gasteiger partial charge in [-0.05, 0) is 38.5 Å². The Kier molecular flexibility index (Phi) is 13.1. The monoisotopic (exact) mass is 292 g/mol. The lowest BCUT2D eigenvalue weighted by atomic mass is 9.95. The third-order valence-electron chi connectivity index (χ3n) is 4.99. The lowest BCUT2D eigenvalue weighted by Gasteiger charge is -2.12. The van der Waals surface area contributed by atoms with Gasteiger partial charge >= 0.3 is 0 Å². The van der Waals surface area contributed by atoms with Gasteiger partial charge in [-0.1, -0.05) is 95.6 Å². The van der Waals surface area contributed by atoms with E-state index in [2.05, 4.69) is 13.0 Å². The van der Waals surface area contributed by atoms with Crippen LogP contribution in [-0.2, 0) is 0 Å². The van der Waals surface area contributed by atoms with Crippen LogP contribution in [0.3, 0.4) is 0 Å². The highest BCUT2D eigenvalue weighted by Crippen LogP contribution is 2.22. The second-order valence-corrected chi connectivity index (χ2v) is 7.10. The van der Waals surface area contributed by atoms with Gasteiger partial charge in [-0.25, -0.2) is 0 Å². The molecule has 0 spiro atoms. The molecular formula is C21H40. The Balaban J connectivity index is 1.71. The minimum absolute atomic E-state index is 1.35. The van der Waals surface area contributed by atoms with Crippen molar-refractivity contribution < 1.29 is 0 Å². The Bertz CT molecular complexity index is 238. The summed E-state index contributed by atoms with van der Waals surface area (Å²) in [5, 5.41) is 0. The standard InChI is InChI=1S/C21H40/c1-2-3-4-5-6-7-8-9-10-11-12-13-15-18-21-19-16-14-17-20-21/h19H,2-18,20H2,1H3. The van der Waals surface area contributed by atoms with Crippen molar-refractivity contribution in [3.05, 3.63) is 11.6 Å². The molecule has 0 heterocycles. The van der Waals surface area contributed by atoms with E-state index in [1.165, 1.54) is 116 Å². The molecule has 0 fully saturated rings. The van der Waals surface area contributed by atoms with Crippen LogP contribution in [0.4, 0.5) is 0 Å². The Labute approximate surface area is 134 Å². The molecule has 0 radical (unpaired) electrons. The van der Waals surface area contributed by atoms with Gasteiger partial charge in [0.1, 0.15) is 0 Å². The maximum absolute atomic E-state index is 2.52. The first-order valence-corrected chi connectivity index (χ1v) is 10.1. The van der Waals surface area contributed by atoms with Crippen LogP contribution in [0, 0.1) is 0 Å². The predicted molar refractivity (Wildman–Crippen MR) is 96.9 cm³/mol. The second kappa shape index (κ2) is 14.7. The van der Waals surface area contributed by atoms with E-state index in [0.29, 0.717) is 0 Å². The number of hydrogen-bond acceptors (Lipinski definition) is 0. The van der Waals surface area contributed by atoms with Crippen LogP contribution in [0.5, 0.6) is 0 Å². The quantitative estimate of drug-likeness (QED) is 0.225. The smallest absolute Gasteiger partial charge is 0.0320 e. The van der Waals surface area contributed by atoms with Crippen LogP contribution >= 0.6 is 0 Å². The normalized spacial score (nSPS) is 15.2. The molecule has 124 valence electrons. The van der Waals surface area contributed by atoms with E-state index < -0.39 is 0 Å². The van der Waals surface area contributed by atoms with Gasteiger partial charge in [0, 0.05) is 0 Å². The summed E-state index contributed by atoms with van der Waals surface area (Å²) >= 11 is 0. The Morgan fingerprint density at radius 2 is 1.19 bits per heavy atom. The number of hydrogen-bond donors (Lipinski definition) is 0. The van der Waals surface area contributed by atoms with E-state index in [0.717, 1.165) is 0 Å². The Morgan fingerprint density at radius 3 is 1.67 bits per heavy atom. The molecule has 0 heteroatoms. The largest absolute Gasteiger partial charge is 0.0853 e. The first kappa shape index (κ1) is 18.8. The van der Waals surface area contributed by atoms with Crippen LogP contribution in [0.1, 0.15) is 122 Å². The van der Waals surface area contributed by atoms with Crippen LogP contribution < -0.4 is 0 Å². The molecule has 1 aliphatic rings. The zero-order valence-corrected chi connectivity index (χ0v) is 14.8. The van der Waals surface area contributed by atoms with E-state index >= 15 is 0 Å². The average molecular weight is 293 g/mol. The Morgan fingerprint density at radius 1 is 0.667 bits per heavy atom. The van der Waals surface area contributed by atoms with E-state index in [1.807, 2.05) is 0 Å². The maximum atomic E-state index is 2.52. The van der Waals surface area contributed by atoms with Gasteiger partial charge in [0.15, 0.2) is 0 Å². The highest BCUT2D eigenvalue weighted by molar-refractivity contribution is 5.04. The number of unbranched alkanes of at least 4 members (excludes halogenated alkanes) is 12. The lowest BCUT2D eigenvalue weighted by Crippen LogP contribution is -1.92. The van der Waals surface area contributed by atoms with Crippen molar-refractivity contribution in [3.63, 3.8) is 0 Å². The summed E-state index contributed by atoms with van der Waals surface area (Å²) in [5.41, 5.74) is 1.77. The fraction of sp³-hybridized carbons (Fsp3) is 0.905. The molecule has 0 atom stereocenters. The first-order chi connectivity index (χ1) is 10.4. The van der Waals surface area contributed by atoms with Crippen LogP contribution in [0.15, 0.2) is 11.6 Å². The van der Waals surface area contributed by atoms with E-state index in [-0.39, 0.29) is 0 Å². The third kappa shape index (κ3) is 12.0. The van der Waals surface area contributed by atoms with Crippen molar-refractivity contribution >= 4 is 0 Å². The Hall–Kier alpha value is -0.260. The SMILES string of the molecule is CCCCCCCCCCCCCCCC1=CCCCC1. The minimum Gasteiger partial charge on any atom is -0.0853 e. The summed E-state index contributed by atoms with van der Waals surface area (Å²) in [7, 11) is 0. The van der Waals surface area contributed by atoms with Crippen molar-refractivity contribution in [3.8, 4) is 0 Å². The molecule has 1 rings (SSSR count). The average Bonchev–Trinajstić information content (AvgIpc) is 2.53. The zero-order chi connectivity index (χ0) is 15.0. The molecule has 0 aromatic heterocycles. The molecule has 0 aromatic carbocycles. The number of rotatable bonds is 14. The molecule has 1 aliphatic carbocycles. The van der Waals surface area contributed by atoms with E-state index in [4.69, 9.17) is 0 Å². The van der Waals surface area contributed by atoms with Gasteiger partial charge in [0.25, 0.3) is 0 Å². The number of allylic oxidation sites excluding steroid dienone is 2. The molecule has 21 heavy (non-hydrogen) atoms. The summed E-state index contributed by atoms with van der Waals surface area (Å²) in [6.45, 7) is 2.30. The summed E-state index contributed by atoms with van der Waals surface area (Å²) < 4.78 is 0. The molecule has 0 saturated heterocycles. The van der Waals surface area contributed by atoms with Gasteiger partial charge < -0.3 is 0 Å². The molecule has 0 aromatic rings. The molecular weight excluding hydrogens is 252 g/mol. The molecule has 0 saturated carbocycles. The van der Waals surface area contributed by atoms with Crippen molar-refractivity contribution in [2.45, 2.75) is 122 Å². The van der Waals surface area contributed by atoms with Crippen molar-refractivity contribution in [2.75, 3.05) is 0 Å². The summed E-state index contributed by atoms with van der Waals surface area (Å²) in [4.78, 5) is 0. The molecule has 0 bridgehead atoms. The van der Waals surface area contributed by atoms with Gasteiger partial charge in [-0.3, -0.25) is 0 Å². The second-order valence-electron chi connectivity index (χ2n) is 7.10. The maximum Gasteiger partial charge on any atom is -0.0320 e. The van der Waals surface area contributed by atoms with Crippen LogP contribution in [0.25, 0.3) is 0 Å². The minimum atomic E-state index is 1.35. The third-order valence-corrected chi connectivity index (χ3v) is 4.99. The zero-order valence-electron chi connectivity index (χ0n) is 14.8. The molecule has 0 N–H and O–H groups in total. The topological polar surface area (TPSA) is 0 Å². The molecule has 0 aliphatic heterocycles. The fourth-order valence-corrected chi connectivity index (χ4v) is 3.50.